The molecule has 0 saturated carbocycles. The molecule has 0 aromatic heterocycles. The van der Waals surface area contributed by atoms with Gasteiger partial charge < -0.3 is 10.1 Å². The molecule has 2 rings (SSSR count). The van der Waals surface area contributed by atoms with Crippen molar-refractivity contribution in [3.63, 3.8) is 0 Å². The molecule has 2 aromatic carbocycles. The second-order valence-corrected chi connectivity index (χ2v) is 6.34. The molecular weight excluding hydrogens is 290 g/mol. The van der Waals surface area contributed by atoms with Gasteiger partial charge in [-0.1, -0.05) is 51.1 Å². The highest BCUT2D eigenvalue weighted by Crippen LogP contribution is 2.30. The van der Waals surface area contributed by atoms with Crippen LogP contribution < -0.4 is 10.1 Å². The average molecular weight is 311 g/mol. The van der Waals surface area contributed by atoms with Crippen LogP contribution in [0.5, 0.6) is 5.75 Å². The molecule has 0 spiro atoms. The summed E-state index contributed by atoms with van der Waals surface area (Å²) in [5.74, 6) is -0.510. The van der Waals surface area contributed by atoms with Crippen LogP contribution in [0, 0.1) is 0 Å². The lowest BCUT2D eigenvalue weighted by Crippen LogP contribution is -2.19. The number of carbonyl (C=O) groups excluding carboxylic acids is 2. The van der Waals surface area contributed by atoms with Gasteiger partial charge in [0.05, 0.1) is 5.56 Å². The summed E-state index contributed by atoms with van der Waals surface area (Å²) in [6.07, 6.45) is 0. The topological polar surface area (TPSA) is 55.4 Å². The number of ether oxygens (including phenoxy) is 1. The molecule has 4 heteroatoms. The Hall–Kier alpha value is -2.62. The second-order valence-electron chi connectivity index (χ2n) is 6.34. The third-order valence-corrected chi connectivity index (χ3v) is 3.37. The summed E-state index contributed by atoms with van der Waals surface area (Å²) in [5, 5.41) is 2.92. The maximum absolute atomic E-state index is 12.6. The molecule has 0 bridgehead atoms. The molecule has 0 saturated heterocycles. The Labute approximate surface area is 136 Å². The standard InChI is InChI=1S/C19H21NO3/c1-13(21)23-17-12-8-5-9-14(17)18(22)20-16-11-7-6-10-15(16)19(2,3)4/h5-12H,1-4H3,(H,20,22). The van der Waals surface area contributed by atoms with Crippen LogP contribution in [0.4, 0.5) is 5.69 Å². The van der Waals surface area contributed by atoms with Crippen LogP contribution in [-0.4, -0.2) is 11.9 Å². The van der Waals surface area contributed by atoms with Crippen molar-refractivity contribution in [3.05, 3.63) is 59.7 Å². The fourth-order valence-corrected chi connectivity index (χ4v) is 2.33. The second kappa shape index (κ2) is 6.65. The first-order chi connectivity index (χ1) is 10.8. The predicted molar refractivity (Wildman–Crippen MR) is 90.8 cm³/mol. The van der Waals surface area contributed by atoms with E-state index in [9.17, 15) is 9.59 Å². The number of anilines is 1. The molecule has 1 N–H and O–H groups in total. The van der Waals surface area contributed by atoms with E-state index in [0.717, 1.165) is 11.3 Å². The van der Waals surface area contributed by atoms with Gasteiger partial charge in [-0.05, 0) is 29.2 Å². The fourth-order valence-electron chi connectivity index (χ4n) is 2.33. The van der Waals surface area contributed by atoms with Crippen LogP contribution >= 0.6 is 0 Å². The lowest BCUT2D eigenvalue weighted by molar-refractivity contribution is -0.131. The molecule has 0 aliphatic heterocycles. The molecule has 0 heterocycles. The molecule has 0 unspecified atom stereocenters. The van der Waals surface area contributed by atoms with Gasteiger partial charge in [0.15, 0.2) is 0 Å². The van der Waals surface area contributed by atoms with E-state index in [-0.39, 0.29) is 17.1 Å². The number of para-hydroxylation sites is 2. The van der Waals surface area contributed by atoms with Crippen molar-refractivity contribution >= 4 is 17.6 Å². The first-order valence-corrected chi connectivity index (χ1v) is 7.47. The third kappa shape index (κ3) is 4.19. The molecular formula is C19H21NO3. The number of esters is 1. The van der Waals surface area contributed by atoms with E-state index in [1.807, 2.05) is 24.3 Å². The molecule has 1 amide bonds. The van der Waals surface area contributed by atoms with Crippen LogP contribution in [0.25, 0.3) is 0 Å². The quantitative estimate of drug-likeness (QED) is 0.684. The Morgan fingerprint density at radius 1 is 0.957 bits per heavy atom. The number of benzene rings is 2. The predicted octanol–water partition coefficient (Wildman–Crippen LogP) is 4.16. The number of hydrogen-bond acceptors (Lipinski definition) is 3. The normalized spacial score (nSPS) is 11.0. The lowest BCUT2D eigenvalue weighted by atomic mass is 9.86. The van der Waals surface area contributed by atoms with Crippen LogP contribution in [0.3, 0.4) is 0 Å². The summed E-state index contributed by atoms with van der Waals surface area (Å²) in [6.45, 7) is 7.57. The highest BCUT2D eigenvalue weighted by Gasteiger charge is 2.20. The third-order valence-electron chi connectivity index (χ3n) is 3.37. The summed E-state index contributed by atoms with van der Waals surface area (Å²) in [5.41, 5.74) is 2.02. The van der Waals surface area contributed by atoms with E-state index in [1.165, 1.54) is 6.92 Å². The summed E-state index contributed by atoms with van der Waals surface area (Å²) in [6, 6.07) is 14.4. The smallest absolute Gasteiger partial charge is 0.308 e. The van der Waals surface area contributed by atoms with Gasteiger partial charge in [0.1, 0.15) is 5.75 Å². The largest absolute Gasteiger partial charge is 0.426 e. The van der Waals surface area contributed by atoms with Crippen molar-refractivity contribution in [3.8, 4) is 5.75 Å². The van der Waals surface area contributed by atoms with Crippen molar-refractivity contribution < 1.29 is 14.3 Å². The fraction of sp³-hybridized carbons (Fsp3) is 0.263. The molecule has 120 valence electrons. The summed E-state index contributed by atoms with van der Waals surface area (Å²) >= 11 is 0. The first kappa shape index (κ1) is 16.7. The molecule has 2 aromatic rings. The zero-order valence-corrected chi connectivity index (χ0v) is 13.8. The van der Waals surface area contributed by atoms with Crippen molar-refractivity contribution in [1.82, 2.24) is 0 Å². The zero-order chi connectivity index (χ0) is 17.0. The Balaban J connectivity index is 2.33. The van der Waals surface area contributed by atoms with Crippen molar-refractivity contribution in [1.29, 1.82) is 0 Å². The van der Waals surface area contributed by atoms with E-state index in [1.54, 1.807) is 24.3 Å². The van der Waals surface area contributed by atoms with Crippen molar-refractivity contribution in [2.45, 2.75) is 33.1 Å². The molecule has 0 radical (unpaired) electrons. The van der Waals surface area contributed by atoms with Gasteiger partial charge in [0, 0.05) is 12.6 Å². The molecule has 0 atom stereocenters. The van der Waals surface area contributed by atoms with E-state index in [2.05, 4.69) is 26.1 Å². The minimum atomic E-state index is -0.458. The lowest BCUT2D eigenvalue weighted by Gasteiger charge is -2.23. The maximum Gasteiger partial charge on any atom is 0.308 e. The van der Waals surface area contributed by atoms with Gasteiger partial charge in [0.25, 0.3) is 5.91 Å². The van der Waals surface area contributed by atoms with Crippen molar-refractivity contribution in [2.24, 2.45) is 0 Å². The first-order valence-electron chi connectivity index (χ1n) is 7.47. The minimum absolute atomic E-state index is 0.0979. The van der Waals surface area contributed by atoms with Gasteiger partial charge in [-0.25, -0.2) is 0 Å². The number of hydrogen-bond donors (Lipinski definition) is 1. The van der Waals surface area contributed by atoms with Crippen LogP contribution in [0.1, 0.15) is 43.6 Å². The molecule has 0 aliphatic carbocycles. The van der Waals surface area contributed by atoms with Crippen LogP contribution in [0.15, 0.2) is 48.5 Å². The van der Waals surface area contributed by atoms with E-state index in [4.69, 9.17) is 4.74 Å². The van der Waals surface area contributed by atoms with Crippen LogP contribution in [0.2, 0.25) is 0 Å². The monoisotopic (exact) mass is 311 g/mol. The van der Waals surface area contributed by atoms with Gasteiger partial charge >= 0.3 is 5.97 Å². The van der Waals surface area contributed by atoms with Gasteiger partial charge in [0.2, 0.25) is 0 Å². The number of carbonyl (C=O) groups is 2. The Kier molecular flexibility index (Phi) is 4.84. The van der Waals surface area contributed by atoms with Gasteiger partial charge in [-0.3, -0.25) is 9.59 Å². The van der Waals surface area contributed by atoms with Crippen LogP contribution in [-0.2, 0) is 10.2 Å². The summed E-state index contributed by atoms with van der Waals surface area (Å²) < 4.78 is 5.10. The highest BCUT2D eigenvalue weighted by atomic mass is 16.5. The molecule has 0 aliphatic rings. The Morgan fingerprint density at radius 3 is 2.22 bits per heavy atom. The number of rotatable bonds is 3. The molecule has 4 nitrogen and oxygen atoms in total. The summed E-state index contributed by atoms with van der Waals surface area (Å²) in [4.78, 5) is 23.8. The average Bonchev–Trinajstić information content (AvgIpc) is 2.46. The van der Waals surface area contributed by atoms with Crippen molar-refractivity contribution in [2.75, 3.05) is 5.32 Å². The summed E-state index contributed by atoms with van der Waals surface area (Å²) in [7, 11) is 0. The zero-order valence-electron chi connectivity index (χ0n) is 13.8. The molecule has 23 heavy (non-hydrogen) atoms. The number of amides is 1. The van der Waals surface area contributed by atoms with E-state index < -0.39 is 5.97 Å². The molecule has 0 fully saturated rings. The highest BCUT2D eigenvalue weighted by molar-refractivity contribution is 6.07. The van der Waals surface area contributed by atoms with Gasteiger partial charge in [-0.2, -0.15) is 0 Å². The van der Waals surface area contributed by atoms with Gasteiger partial charge in [-0.15, -0.1) is 0 Å². The van der Waals surface area contributed by atoms with E-state index >= 15 is 0 Å². The SMILES string of the molecule is CC(=O)Oc1ccccc1C(=O)Nc1ccccc1C(C)(C)C. The number of nitrogens with one attached hydrogen (secondary N) is 1. The Bertz CT molecular complexity index is 729. The maximum atomic E-state index is 12.6. The van der Waals surface area contributed by atoms with E-state index in [0.29, 0.717) is 5.56 Å². The minimum Gasteiger partial charge on any atom is -0.426 e. The Morgan fingerprint density at radius 2 is 1.57 bits per heavy atom.